The molecule has 0 N–H and O–H groups in total. The van der Waals surface area contributed by atoms with Crippen LogP contribution in [-0.2, 0) is 32.7 Å². The molecule has 9 nitrogen and oxygen atoms in total. The minimum atomic E-state index is -4.55. The molecule has 0 heterocycles. The van der Waals surface area contributed by atoms with Crippen LogP contribution >= 0.6 is 7.82 Å². The molecule has 0 bridgehead atoms. The molecule has 0 aliphatic carbocycles. The van der Waals surface area contributed by atoms with Gasteiger partial charge in [0.25, 0.3) is 7.82 Å². The zero-order valence-corrected chi connectivity index (χ0v) is 18.7. The fourth-order valence-electron chi connectivity index (χ4n) is 1.98. The summed E-state index contributed by atoms with van der Waals surface area (Å²) in [6, 6.07) is 0. The Kier molecular flexibility index (Phi) is 13.6. The summed E-state index contributed by atoms with van der Waals surface area (Å²) < 4.78 is 32.2. The van der Waals surface area contributed by atoms with Gasteiger partial charge in [0.2, 0.25) is 0 Å². The predicted molar refractivity (Wildman–Crippen MR) is 102 cm³/mol. The predicted octanol–water partition coefficient (Wildman–Crippen LogP) is 2.03. The van der Waals surface area contributed by atoms with E-state index in [1.54, 1.807) is 6.92 Å². The van der Waals surface area contributed by atoms with Gasteiger partial charge in [-0.2, -0.15) is 0 Å². The first-order chi connectivity index (χ1) is 13.0. The quantitative estimate of drug-likeness (QED) is 0.160. The monoisotopic (exact) mass is 425 g/mol. The first-order valence-corrected chi connectivity index (χ1v) is 11.2. The standard InChI is InChI=1S/C18H36NO8P/c1-6-8-9-10-11-18(21)27-16(14-24-17(20)7-2)15-26-28(22,23)25-13-12-19(3,4)5/h16H,6-15H2,1-5H3. The minimum Gasteiger partial charge on any atom is -0.756 e. The van der Waals surface area contributed by atoms with Crippen LogP contribution in [0.3, 0.4) is 0 Å². The Hall–Kier alpha value is -0.990. The summed E-state index contributed by atoms with van der Waals surface area (Å²) in [6.45, 7) is 3.39. The lowest BCUT2D eigenvalue weighted by molar-refractivity contribution is -0.870. The number of carbonyl (C=O) groups excluding carboxylic acids is 2. The van der Waals surface area contributed by atoms with Crippen molar-refractivity contribution in [3.05, 3.63) is 0 Å². The smallest absolute Gasteiger partial charge is 0.306 e. The van der Waals surface area contributed by atoms with E-state index in [1.807, 2.05) is 21.1 Å². The third-order valence-electron chi connectivity index (χ3n) is 3.68. The molecule has 28 heavy (non-hydrogen) atoms. The van der Waals surface area contributed by atoms with Crippen molar-refractivity contribution < 1.29 is 42.1 Å². The summed E-state index contributed by atoms with van der Waals surface area (Å²) in [5.41, 5.74) is 0. The van der Waals surface area contributed by atoms with Gasteiger partial charge >= 0.3 is 11.9 Å². The Bertz CT molecular complexity index is 506. The molecule has 0 aromatic heterocycles. The molecule has 0 radical (unpaired) electrons. The van der Waals surface area contributed by atoms with E-state index in [1.165, 1.54) is 0 Å². The van der Waals surface area contributed by atoms with Crippen LogP contribution in [0.5, 0.6) is 0 Å². The van der Waals surface area contributed by atoms with Crippen LogP contribution in [0.2, 0.25) is 0 Å². The van der Waals surface area contributed by atoms with Crippen LogP contribution in [0.15, 0.2) is 0 Å². The van der Waals surface area contributed by atoms with Gasteiger partial charge < -0.3 is 27.9 Å². The molecule has 0 spiro atoms. The second-order valence-corrected chi connectivity index (χ2v) is 8.96. The molecule has 0 aromatic carbocycles. The molecular formula is C18H36NO8P. The molecule has 166 valence electrons. The van der Waals surface area contributed by atoms with E-state index in [0.29, 0.717) is 17.4 Å². The van der Waals surface area contributed by atoms with Gasteiger partial charge in [-0.05, 0) is 6.42 Å². The Morgan fingerprint density at radius 1 is 1.00 bits per heavy atom. The number of hydrogen-bond donors (Lipinski definition) is 0. The summed E-state index contributed by atoms with van der Waals surface area (Å²) in [4.78, 5) is 35.1. The first-order valence-electron chi connectivity index (χ1n) is 9.74. The SMILES string of the molecule is CCCCCCC(=O)OC(COC(=O)CC)COP(=O)([O-])OCC[N+](C)(C)C. The number of phosphoric acid groups is 1. The maximum atomic E-state index is 11.9. The molecule has 0 fully saturated rings. The molecule has 0 saturated carbocycles. The van der Waals surface area contributed by atoms with Crippen LogP contribution < -0.4 is 4.89 Å². The minimum absolute atomic E-state index is 0.0308. The van der Waals surface area contributed by atoms with Crippen LogP contribution in [-0.4, -0.2) is 70.0 Å². The highest BCUT2D eigenvalue weighted by molar-refractivity contribution is 7.45. The highest BCUT2D eigenvalue weighted by atomic mass is 31.2. The van der Waals surface area contributed by atoms with Crippen LogP contribution in [0.25, 0.3) is 0 Å². The van der Waals surface area contributed by atoms with E-state index in [0.717, 1.165) is 19.3 Å². The number of likely N-dealkylation sites (N-methyl/N-ethyl adjacent to an activating group) is 1. The van der Waals surface area contributed by atoms with Gasteiger partial charge in [0.15, 0.2) is 6.10 Å². The average molecular weight is 425 g/mol. The summed E-state index contributed by atoms with van der Waals surface area (Å²) >= 11 is 0. The lowest BCUT2D eigenvalue weighted by Gasteiger charge is -2.28. The molecule has 0 aromatic rings. The van der Waals surface area contributed by atoms with E-state index >= 15 is 0 Å². The molecule has 0 aliphatic heterocycles. The third-order valence-corrected chi connectivity index (χ3v) is 4.65. The average Bonchev–Trinajstić information content (AvgIpc) is 2.59. The Balaban J connectivity index is 4.54. The number of ether oxygens (including phenoxy) is 2. The summed E-state index contributed by atoms with van der Waals surface area (Å²) in [6.07, 6.45) is 3.03. The van der Waals surface area contributed by atoms with Crippen molar-refractivity contribution in [3.8, 4) is 0 Å². The third kappa shape index (κ3) is 16.0. The molecule has 0 saturated heterocycles. The number of esters is 2. The van der Waals surface area contributed by atoms with Crippen molar-refractivity contribution in [3.63, 3.8) is 0 Å². The van der Waals surface area contributed by atoms with E-state index in [9.17, 15) is 19.0 Å². The highest BCUT2D eigenvalue weighted by Gasteiger charge is 2.21. The number of nitrogens with zero attached hydrogens (tertiary/aromatic N) is 1. The van der Waals surface area contributed by atoms with Crippen LogP contribution in [0, 0.1) is 0 Å². The van der Waals surface area contributed by atoms with Crippen molar-refractivity contribution >= 4 is 19.8 Å². The molecule has 10 heteroatoms. The normalized spacial score (nSPS) is 14.9. The van der Waals surface area contributed by atoms with Crippen molar-refractivity contribution in [2.75, 3.05) is 47.5 Å². The lowest BCUT2D eigenvalue weighted by Crippen LogP contribution is -2.37. The number of quaternary nitrogens is 1. The molecule has 2 unspecified atom stereocenters. The highest BCUT2D eigenvalue weighted by Crippen LogP contribution is 2.38. The van der Waals surface area contributed by atoms with Gasteiger partial charge in [0.1, 0.15) is 19.8 Å². The Morgan fingerprint density at radius 2 is 1.68 bits per heavy atom. The number of hydrogen-bond acceptors (Lipinski definition) is 8. The van der Waals surface area contributed by atoms with Crippen molar-refractivity contribution in [1.82, 2.24) is 0 Å². The van der Waals surface area contributed by atoms with Crippen LogP contribution in [0.4, 0.5) is 0 Å². The Morgan fingerprint density at radius 3 is 2.25 bits per heavy atom. The van der Waals surface area contributed by atoms with Crippen molar-refractivity contribution in [2.24, 2.45) is 0 Å². The number of rotatable bonds is 16. The van der Waals surface area contributed by atoms with Crippen molar-refractivity contribution in [1.29, 1.82) is 0 Å². The molecule has 2 atom stereocenters. The van der Waals surface area contributed by atoms with Gasteiger partial charge in [-0.15, -0.1) is 0 Å². The summed E-state index contributed by atoms with van der Waals surface area (Å²) in [5, 5.41) is 0. The van der Waals surface area contributed by atoms with Gasteiger partial charge in [0, 0.05) is 12.8 Å². The van der Waals surface area contributed by atoms with Crippen LogP contribution in [0.1, 0.15) is 52.4 Å². The topological polar surface area (TPSA) is 111 Å². The fourth-order valence-corrected chi connectivity index (χ4v) is 2.71. The number of phosphoric ester groups is 1. The maximum Gasteiger partial charge on any atom is 0.306 e. The zero-order chi connectivity index (χ0) is 21.6. The van der Waals surface area contributed by atoms with Gasteiger partial charge in [-0.3, -0.25) is 14.2 Å². The zero-order valence-electron chi connectivity index (χ0n) is 17.8. The number of carbonyl (C=O) groups is 2. The van der Waals surface area contributed by atoms with Gasteiger partial charge in [-0.25, -0.2) is 0 Å². The maximum absolute atomic E-state index is 11.9. The molecule has 0 amide bonds. The van der Waals surface area contributed by atoms with E-state index < -0.39 is 32.5 Å². The van der Waals surface area contributed by atoms with Gasteiger partial charge in [-0.1, -0.05) is 33.1 Å². The van der Waals surface area contributed by atoms with Gasteiger partial charge in [0.05, 0.1) is 27.7 Å². The van der Waals surface area contributed by atoms with E-state index in [4.69, 9.17) is 18.5 Å². The second kappa shape index (κ2) is 14.1. The second-order valence-electron chi connectivity index (χ2n) is 7.55. The lowest BCUT2D eigenvalue weighted by atomic mass is 10.1. The van der Waals surface area contributed by atoms with E-state index in [-0.39, 0.29) is 26.1 Å². The van der Waals surface area contributed by atoms with Crippen molar-refractivity contribution in [2.45, 2.75) is 58.5 Å². The summed E-state index contributed by atoms with van der Waals surface area (Å²) in [7, 11) is 1.15. The molecular weight excluding hydrogens is 389 g/mol. The fraction of sp³-hybridized carbons (Fsp3) is 0.889. The molecule has 0 rings (SSSR count). The Labute approximate surface area is 168 Å². The summed E-state index contributed by atoms with van der Waals surface area (Å²) in [5.74, 6) is -0.961. The largest absolute Gasteiger partial charge is 0.756 e. The molecule has 0 aliphatic rings. The number of unbranched alkanes of at least 4 members (excludes halogenated alkanes) is 3. The van der Waals surface area contributed by atoms with E-state index in [2.05, 4.69) is 6.92 Å². The first kappa shape index (κ1) is 27.0.